The Morgan fingerprint density at radius 2 is 1.89 bits per heavy atom. The van der Waals surface area contributed by atoms with E-state index in [1.165, 1.54) is 62.0 Å². The van der Waals surface area contributed by atoms with Crippen molar-refractivity contribution < 1.29 is 28.1 Å². The Kier molecular flexibility index (Phi) is 5.98. The topological polar surface area (TPSA) is 139 Å². The maximum Gasteiger partial charge on any atom is 0.271 e. The highest BCUT2D eigenvalue weighted by molar-refractivity contribution is 7.93. The van der Waals surface area contributed by atoms with Crippen LogP contribution in [0.15, 0.2) is 53.4 Å². The maximum absolute atomic E-state index is 13.1. The number of rotatable bonds is 7. The van der Waals surface area contributed by atoms with Crippen LogP contribution in [0.1, 0.15) is 6.92 Å². The predicted molar refractivity (Wildman–Crippen MR) is 95.1 cm³/mol. The summed E-state index contributed by atoms with van der Waals surface area (Å²) < 4.78 is 32.0. The molecular formula is C16H17N3O7S. The molecule has 2 rings (SSSR count). The molecule has 0 aliphatic heterocycles. The molecular weight excluding hydrogens is 378 g/mol. The highest BCUT2D eigenvalue weighted by atomic mass is 32.2. The van der Waals surface area contributed by atoms with Gasteiger partial charge in [0.15, 0.2) is 0 Å². The third-order valence-electron chi connectivity index (χ3n) is 3.75. The van der Waals surface area contributed by atoms with Crippen LogP contribution in [-0.2, 0) is 14.8 Å². The Labute approximate surface area is 155 Å². The Balaban J connectivity index is 2.62. The van der Waals surface area contributed by atoms with Gasteiger partial charge in [-0.25, -0.2) is 13.9 Å². The molecule has 144 valence electrons. The minimum atomic E-state index is -4.29. The van der Waals surface area contributed by atoms with E-state index in [4.69, 9.17) is 9.94 Å². The fraction of sp³-hybridized carbons (Fsp3) is 0.188. The number of nitrogens with zero attached hydrogens (tertiary/aromatic N) is 2. The summed E-state index contributed by atoms with van der Waals surface area (Å²) in [6, 6.07) is 8.86. The van der Waals surface area contributed by atoms with Crippen molar-refractivity contribution >= 4 is 27.3 Å². The van der Waals surface area contributed by atoms with Crippen LogP contribution in [0.2, 0.25) is 0 Å². The van der Waals surface area contributed by atoms with Gasteiger partial charge in [0.05, 0.1) is 22.6 Å². The van der Waals surface area contributed by atoms with Crippen LogP contribution in [0, 0.1) is 10.1 Å². The van der Waals surface area contributed by atoms with E-state index in [0.717, 1.165) is 6.07 Å². The number of hydrogen-bond donors (Lipinski definition) is 2. The van der Waals surface area contributed by atoms with Crippen molar-refractivity contribution in [2.24, 2.45) is 0 Å². The first kappa shape index (κ1) is 20.1. The van der Waals surface area contributed by atoms with Crippen molar-refractivity contribution in [3.63, 3.8) is 0 Å². The molecule has 1 unspecified atom stereocenters. The van der Waals surface area contributed by atoms with Crippen LogP contribution in [0.3, 0.4) is 0 Å². The Morgan fingerprint density at radius 1 is 1.26 bits per heavy atom. The first-order valence-electron chi connectivity index (χ1n) is 7.59. The summed E-state index contributed by atoms with van der Waals surface area (Å²) in [6.07, 6.45) is 0. The van der Waals surface area contributed by atoms with E-state index in [9.17, 15) is 23.3 Å². The fourth-order valence-corrected chi connectivity index (χ4v) is 3.99. The lowest BCUT2D eigenvalue weighted by atomic mass is 10.2. The number of hydrogen-bond acceptors (Lipinski definition) is 7. The van der Waals surface area contributed by atoms with Crippen molar-refractivity contribution in [2.45, 2.75) is 17.9 Å². The van der Waals surface area contributed by atoms with E-state index in [-0.39, 0.29) is 16.3 Å². The second-order valence-electron chi connectivity index (χ2n) is 5.41. The van der Waals surface area contributed by atoms with Gasteiger partial charge in [-0.3, -0.25) is 24.4 Å². The molecule has 1 amide bonds. The molecule has 0 heterocycles. The monoisotopic (exact) mass is 395 g/mol. The minimum absolute atomic E-state index is 0.101. The minimum Gasteiger partial charge on any atom is -0.497 e. The second kappa shape index (κ2) is 8.01. The number of nitro benzene ring substituents is 1. The predicted octanol–water partition coefficient (Wildman–Crippen LogP) is 1.69. The number of benzene rings is 2. The van der Waals surface area contributed by atoms with Crippen LogP contribution in [-0.4, -0.2) is 37.6 Å². The standard InChI is InChI=1S/C16H17N3O7S/c1-11(16(20)17-21)18(12-4-3-5-13(10-12)19(22)23)27(24,25)15-8-6-14(26-2)7-9-15/h3-11,21H,1-2H3,(H,17,20). The molecule has 0 bridgehead atoms. The summed E-state index contributed by atoms with van der Waals surface area (Å²) in [5, 5.41) is 19.9. The molecule has 0 fully saturated rings. The van der Waals surface area contributed by atoms with Gasteiger partial charge >= 0.3 is 0 Å². The van der Waals surface area contributed by atoms with Crippen LogP contribution in [0.4, 0.5) is 11.4 Å². The van der Waals surface area contributed by atoms with Gasteiger partial charge in [0, 0.05) is 12.1 Å². The normalized spacial score (nSPS) is 12.1. The second-order valence-corrected chi connectivity index (χ2v) is 7.22. The molecule has 0 radical (unpaired) electrons. The summed E-state index contributed by atoms with van der Waals surface area (Å²) in [5.74, 6) is -0.574. The van der Waals surface area contributed by atoms with E-state index in [1.807, 2.05) is 0 Å². The average Bonchev–Trinajstić information content (AvgIpc) is 2.67. The van der Waals surface area contributed by atoms with Crippen molar-refractivity contribution in [3.8, 4) is 5.75 Å². The molecule has 10 nitrogen and oxygen atoms in total. The molecule has 0 aliphatic rings. The third kappa shape index (κ3) is 4.15. The van der Waals surface area contributed by atoms with Gasteiger partial charge in [-0.05, 0) is 37.3 Å². The van der Waals surface area contributed by atoms with Crippen molar-refractivity contribution in [1.29, 1.82) is 0 Å². The lowest BCUT2D eigenvalue weighted by Gasteiger charge is -2.29. The van der Waals surface area contributed by atoms with Crippen LogP contribution >= 0.6 is 0 Å². The zero-order valence-corrected chi connectivity index (χ0v) is 15.2. The summed E-state index contributed by atoms with van der Waals surface area (Å²) in [5.41, 5.74) is 0.946. The van der Waals surface area contributed by atoms with Gasteiger partial charge in [-0.15, -0.1) is 0 Å². The third-order valence-corrected chi connectivity index (χ3v) is 5.67. The zero-order valence-electron chi connectivity index (χ0n) is 14.4. The number of sulfonamides is 1. The quantitative estimate of drug-likeness (QED) is 0.413. The number of hydroxylamine groups is 1. The highest BCUT2D eigenvalue weighted by Crippen LogP contribution is 2.29. The summed E-state index contributed by atoms with van der Waals surface area (Å²) in [7, 11) is -2.87. The average molecular weight is 395 g/mol. The first-order chi connectivity index (χ1) is 12.7. The van der Waals surface area contributed by atoms with Gasteiger partial charge in [0.1, 0.15) is 11.8 Å². The number of non-ortho nitro benzene ring substituents is 1. The van der Waals surface area contributed by atoms with E-state index in [0.29, 0.717) is 10.1 Å². The van der Waals surface area contributed by atoms with Crippen LogP contribution in [0.25, 0.3) is 0 Å². The van der Waals surface area contributed by atoms with E-state index in [2.05, 4.69) is 0 Å². The van der Waals surface area contributed by atoms with Gasteiger partial charge in [0.2, 0.25) is 0 Å². The number of anilines is 1. The fourth-order valence-electron chi connectivity index (χ4n) is 2.38. The molecule has 2 N–H and O–H groups in total. The number of carbonyl (C=O) groups excluding carboxylic acids is 1. The van der Waals surface area contributed by atoms with E-state index in [1.54, 1.807) is 0 Å². The molecule has 0 saturated carbocycles. The molecule has 0 aliphatic carbocycles. The van der Waals surface area contributed by atoms with Gasteiger partial charge in [-0.2, -0.15) is 0 Å². The maximum atomic E-state index is 13.1. The number of nitro groups is 1. The Bertz CT molecular complexity index is 945. The van der Waals surface area contributed by atoms with Gasteiger partial charge < -0.3 is 4.74 Å². The number of carbonyl (C=O) groups is 1. The smallest absolute Gasteiger partial charge is 0.271 e. The lowest BCUT2D eigenvalue weighted by molar-refractivity contribution is -0.384. The highest BCUT2D eigenvalue weighted by Gasteiger charge is 2.34. The molecule has 2 aromatic carbocycles. The van der Waals surface area contributed by atoms with Crippen molar-refractivity contribution in [3.05, 3.63) is 58.6 Å². The van der Waals surface area contributed by atoms with Crippen LogP contribution < -0.4 is 14.5 Å². The zero-order chi connectivity index (χ0) is 20.2. The number of amides is 1. The molecule has 1 atom stereocenters. The Morgan fingerprint density at radius 3 is 2.41 bits per heavy atom. The van der Waals surface area contributed by atoms with Gasteiger partial charge in [0.25, 0.3) is 21.6 Å². The molecule has 27 heavy (non-hydrogen) atoms. The van der Waals surface area contributed by atoms with E-state index < -0.39 is 26.9 Å². The Hall–Kier alpha value is -3.18. The lowest BCUT2D eigenvalue weighted by Crippen LogP contribution is -2.47. The van der Waals surface area contributed by atoms with Crippen molar-refractivity contribution in [2.75, 3.05) is 11.4 Å². The molecule has 0 saturated heterocycles. The largest absolute Gasteiger partial charge is 0.497 e. The SMILES string of the molecule is COc1ccc(S(=O)(=O)N(c2cccc([N+](=O)[O-])c2)C(C)C(=O)NO)cc1. The van der Waals surface area contributed by atoms with Crippen molar-refractivity contribution in [1.82, 2.24) is 5.48 Å². The van der Waals surface area contributed by atoms with Gasteiger partial charge in [-0.1, -0.05) is 6.07 Å². The number of methoxy groups -OCH3 is 1. The number of ether oxygens (including phenoxy) is 1. The van der Waals surface area contributed by atoms with E-state index >= 15 is 0 Å². The molecule has 11 heteroatoms. The molecule has 0 aromatic heterocycles. The number of nitrogens with one attached hydrogen (secondary N) is 1. The van der Waals surface area contributed by atoms with Crippen LogP contribution in [0.5, 0.6) is 5.75 Å². The summed E-state index contributed by atoms with van der Waals surface area (Å²) >= 11 is 0. The molecule has 2 aromatic rings. The summed E-state index contributed by atoms with van der Waals surface area (Å²) in [6.45, 7) is 1.24. The summed E-state index contributed by atoms with van der Waals surface area (Å²) in [4.78, 5) is 22.1. The first-order valence-corrected chi connectivity index (χ1v) is 9.03. The molecule has 0 spiro atoms.